The Bertz CT molecular complexity index is 750. The van der Waals surface area contributed by atoms with Crippen molar-refractivity contribution in [3.8, 4) is 0 Å². The molecule has 0 aromatic carbocycles. The lowest BCUT2D eigenvalue weighted by molar-refractivity contribution is 0.346. The molecule has 3 rings (SSSR count). The number of rotatable bonds is 3. The molecule has 0 spiro atoms. The molecule has 3 heterocycles. The van der Waals surface area contributed by atoms with Crippen molar-refractivity contribution in [1.82, 2.24) is 29.6 Å². The Labute approximate surface area is 123 Å². The lowest BCUT2D eigenvalue weighted by atomic mass is 9.83. The lowest BCUT2D eigenvalue weighted by Crippen LogP contribution is -2.26. The van der Waals surface area contributed by atoms with Crippen LogP contribution in [0.1, 0.15) is 32.4 Å². The molecule has 0 unspecified atom stereocenters. The Kier molecular flexibility index (Phi) is 3.12. The number of aromatic nitrogens is 6. The molecule has 0 radical (unpaired) electrons. The van der Waals surface area contributed by atoms with E-state index in [0.717, 1.165) is 17.0 Å². The third-order valence-corrected chi connectivity index (χ3v) is 3.38. The van der Waals surface area contributed by atoms with E-state index in [1.165, 1.54) is 0 Å². The highest BCUT2D eigenvalue weighted by atomic mass is 15.4. The maximum absolute atomic E-state index is 4.47. The summed E-state index contributed by atoms with van der Waals surface area (Å²) < 4.78 is 3.47. The molecule has 0 saturated heterocycles. The molecule has 0 aliphatic heterocycles. The molecule has 0 amide bonds. The molecule has 3 aromatic rings. The second-order valence-corrected chi connectivity index (χ2v) is 6.24. The Morgan fingerprint density at radius 2 is 2.05 bits per heavy atom. The van der Waals surface area contributed by atoms with Crippen molar-refractivity contribution >= 4 is 11.5 Å². The first kappa shape index (κ1) is 13.5. The summed E-state index contributed by atoms with van der Waals surface area (Å²) in [5.74, 6) is 0.783. The summed E-state index contributed by atoms with van der Waals surface area (Å²) in [6.07, 6.45) is 5.51. The van der Waals surface area contributed by atoms with Gasteiger partial charge in [0.25, 0.3) is 0 Å². The fourth-order valence-electron chi connectivity index (χ4n) is 2.34. The zero-order chi connectivity index (χ0) is 15.0. The molecule has 0 bridgehead atoms. The van der Waals surface area contributed by atoms with Crippen LogP contribution in [0.5, 0.6) is 0 Å². The summed E-state index contributed by atoms with van der Waals surface area (Å²) >= 11 is 0. The van der Waals surface area contributed by atoms with Gasteiger partial charge in [0.15, 0.2) is 5.65 Å². The second-order valence-electron chi connectivity index (χ2n) is 6.24. The van der Waals surface area contributed by atoms with Gasteiger partial charge in [0.05, 0.1) is 12.2 Å². The van der Waals surface area contributed by atoms with E-state index >= 15 is 0 Å². The van der Waals surface area contributed by atoms with E-state index in [4.69, 9.17) is 0 Å². The van der Waals surface area contributed by atoms with Gasteiger partial charge < -0.3 is 5.32 Å². The summed E-state index contributed by atoms with van der Waals surface area (Å²) in [4.78, 5) is 0. The lowest BCUT2D eigenvalue weighted by Gasteiger charge is -2.31. The number of hydrogen-bond donors (Lipinski definition) is 1. The molecule has 1 atom stereocenters. The van der Waals surface area contributed by atoms with Crippen molar-refractivity contribution in [2.24, 2.45) is 12.5 Å². The Morgan fingerprint density at radius 3 is 2.71 bits per heavy atom. The maximum Gasteiger partial charge on any atom is 0.177 e. The number of aryl methyl sites for hydroxylation is 1. The third-order valence-electron chi connectivity index (χ3n) is 3.38. The van der Waals surface area contributed by atoms with Crippen molar-refractivity contribution in [2.75, 3.05) is 5.32 Å². The Balaban J connectivity index is 1.94. The van der Waals surface area contributed by atoms with Gasteiger partial charge in [-0.3, -0.25) is 4.68 Å². The van der Waals surface area contributed by atoms with Gasteiger partial charge in [-0.2, -0.15) is 9.61 Å². The summed E-state index contributed by atoms with van der Waals surface area (Å²) in [6.45, 7) is 6.57. The second kappa shape index (κ2) is 4.83. The van der Waals surface area contributed by atoms with Crippen LogP contribution in [0.15, 0.2) is 30.9 Å². The fraction of sp³-hybridized carbons (Fsp3) is 0.429. The first-order chi connectivity index (χ1) is 9.93. The van der Waals surface area contributed by atoms with Crippen molar-refractivity contribution in [2.45, 2.75) is 26.8 Å². The van der Waals surface area contributed by atoms with Gasteiger partial charge in [0, 0.05) is 18.8 Å². The van der Waals surface area contributed by atoms with E-state index < -0.39 is 0 Å². The minimum atomic E-state index is 0.0207. The molecular formula is C14H19N7. The topological polar surface area (TPSA) is 72.9 Å². The smallest absolute Gasteiger partial charge is 0.177 e. The number of nitrogens with zero attached hydrogens (tertiary/aromatic N) is 6. The van der Waals surface area contributed by atoms with Crippen LogP contribution in [-0.4, -0.2) is 29.6 Å². The number of nitrogens with one attached hydrogen (secondary N) is 1. The molecule has 21 heavy (non-hydrogen) atoms. The summed E-state index contributed by atoms with van der Waals surface area (Å²) in [5, 5.41) is 20.0. The minimum absolute atomic E-state index is 0.0207. The van der Waals surface area contributed by atoms with E-state index in [9.17, 15) is 0 Å². The first-order valence-electron chi connectivity index (χ1n) is 6.85. The molecule has 110 valence electrons. The van der Waals surface area contributed by atoms with Crippen molar-refractivity contribution < 1.29 is 0 Å². The highest BCUT2D eigenvalue weighted by molar-refractivity contribution is 5.44. The van der Waals surface area contributed by atoms with Crippen LogP contribution in [0, 0.1) is 5.41 Å². The summed E-state index contributed by atoms with van der Waals surface area (Å²) in [5.41, 5.74) is 1.89. The third kappa shape index (κ3) is 2.72. The normalized spacial score (nSPS) is 13.5. The van der Waals surface area contributed by atoms with E-state index in [2.05, 4.69) is 46.5 Å². The molecule has 1 N–H and O–H groups in total. The molecule has 3 aromatic heterocycles. The van der Waals surface area contributed by atoms with E-state index in [1.807, 2.05) is 36.3 Å². The van der Waals surface area contributed by atoms with Gasteiger partial charge in [0.1, 0.15) is 12.1 Å². The number of hydrogen-bond acceptors (Lipinski definition) is 5. The average molecular weight is 285 g/mol. The van der Waals surface area contributed by atoms with Gasteiger partial charge >= 0.3 is 0 Å². The average Bonchev–Trinajstić information content (AvgIpc) is 3.02. The molecule has 7 heteroatoms. The zero-order valence-electron chi connectivity index (χ0n) is 12.6. The maximum atomic E-state index is 4.47. The van der Waals surface area contributed by atoms with Crippen molar-refractivity contribution in [3.05, 3.63) is 36.4 Å². The minimum Gasteiger partial charge on any atom is -0.361 e. The van der Waals surface area contributed by atoms with Crippen LogP contribution in [0.25, 0.3) is 5.65 Å². The van der Waals surface area contributed by atoms with Crippen LogP contribution in [0.3, 0.4) is 0 Å². The van der Waals surface area contributed by atoms with E-state index in [1.54, 1.807) is 10.8 Å². The summed E-state index contributed by atoms with van der Waals surface area (Å²) in [7, 11) is 1.92. The molecule has 0 saturated carbocycles. The van der Waals surface area contributed by atoms with Gasteiger partial charge in [-0.25, -0.2) is 0 Å². The van der Waals surface area contributed by atoms with Crippen molar-refractivity contribution in [3.63, 3.8) is 0 Å². The molecule has 0 aliphatic carbocycles. The first-order valence-corrected chi connectivity index (χ1v) is 6.85. The molecule has 7 nitrogen and oxygen atoms in total. The molecule has 0 fully saturated rings. The SMILES string of the molecule is Cn1cc([C@@H](Nc2ccc3nncn3n2)C(C)(C)C)cn1. The highest BCUT2D eigenvalue weighted by Gasteiger charge is 2.27. The van der Waals surface area contributed by atoms with Crippen LogP contribution < -0.4 is 5.32 Å². The monoisotopic (exact) mass is 285 g/mol. The molecular weight excluding hydrogens is 266 g/mol. The predicted molar refractivity (Wildman–Crippen MR) is 79.8 cm³/mol. The van der Waals surface area contributed by atoms with Gasteiger partial charge in [0.2, 0.25) is 0 Å². The van der Waals surface area contributed by atoms with E-state index in [0.29, 0.717) is 0 Å². The van der Waals surface area contributed by atoms with E-state index in [-0.39, 0.29) is 11.5 Å². The quantitative estimate of drug-likeness (QED) is 0.797. The number of anilines is 1. The van der Waals surface area contributed by atoms with Crippen LogP contribution in [0.2, 0.25) is 0 Å². The molecule has 0 aliphatic rings. The van der Waals surface area contributed by atoms with Crippen LogP contribution in [0.4, 0.5) is 5.82 Å². The largest absolute Gasteiger partial charge is 0.361 e. The van der Waals surface area contributed by atoms with Gasteiger partial charge in [-0.1, -0.05) is 20.8 Å². The van der Waals surface area contributed by atoms with Gasteiger partial charge in [-0.15, -0.1) is 15.3 Å². The Hall–Kier alpha value is -2.44. The predicted octanol–water partition coefficient (Wildman–Crippen LogP) is 2.06. The fourth-order valence-corrected chi connectivity index (χ4v) is 2.34. The zero-order valence-corrected chi connectivity index (χ0v) is 12.6. The van der Waals surface area contributed by atoms with Crippen molar-refractivity contribution in [1.29, 1.82) is 0 Å². The van der Waals surface area contributed by atoms with Crippen LogP contribution in [-0.2, 0) is 7.05 Å². The highest BCUT2D eigenvalue weighted by Crippen LogP contribution is 2.35. The Morgan fingerprint density at radius 1 is 1.24 bits per heavy atom. The summed E-state index contributed by atoms with van der Waals surface area (Å²) in [6, 6.07) is 3.91. The van der Waals surface area contributed by atoms with Gasteiger partial charge in [-0.05, 0) is 17.5 Å². The standard InChI is InChI=1S/C14H19N7/c1-14(2,3)13(10-7-16-20(4)8-10)17-11-5-6-12-18-15-9-21(12)19-11/h5-9,13H,1-4H3,(H,17,19)/t13-/m1/s1. The van der Waals surface area contributed by atoms with Crippen LogP contribution >= 0.6 is 0 Å². The number of fused-ring (bicyclic) bond motifs is 1.